The van der Waals surface area contributed by atoms with Gasteiger partial charge in [-0.25, -0.2) is 4.79 Å². The monoisotopic (exact) mass is 238 g/mol. The molecule has 0 aromatic heterocycles. The molecule has 1 rings (SSSR count). The number of nitrogens with zero attached hydrogens (tertiary/aromatic N) is 1. The lowest BCUT2D eigenvalue weighted by Crippen LogP contribution is -2.26. The maximum atomic E-state index is 11.3. The van der Waals surface area contributed by atoms with Crippen molar-refractivity contribution in [3.8, 4) is 5.75 Å². The number of carbonyl (C=O) groups is 1. The molecule has 0 N–H and O–H groups in total. The molecule has 1 aromatic carbocycles. The van der Waals surface area contributed by atoms with E-state index in [2.05, 4.69) is 6.07 Å². The highest BCUT2D eigenvalue weighted by Gasteiger charge is 2.22. The molecule has 0 fully saturated rings. The summed E-state index contributed by atoms with van der Waals surface area (Å²) >= 11 is 0. The minimum atomic E-state index is -0.986. The summed E-state index contributed by atoms with van der Waals surface area (Å²) in [5, 5.41) is 10.6. The van der Waals surface area contributed by atoms with Crippen LogP contribution in [-0.4, -0.2) is 16.7 Å². The maximum absolute atomic E-state index is 11.3. The quantitative estimate of drug-likeness (QED) is 0.342. The summed E-state index contributed by atoms with van der Waals surface area (Å²) in [6.45, 7) is 5.00. The predicted molar refractivity (Wildman–Crippen MR) is 58.8 cm³/mol. The Bertz CT molecular complexity index is 436. The molecule has 0 amide bonds. The third kappa shape index (κ3) is 4.10. The number of para-hydroxylation sites is 1. The fourth-order valence-corrected chi connectivity index (χ4v) is 0.998. The molecule has 0 aliphatic carbocycles. The van der Waals surface area contributed by atoms with Crippen molar-refractivity contribution < 1.29 is 19.2 Å². The molecule has 0 bridgehead atoms. The number of ether oxygens (including phenoxy) is 2. The minimum absolute atomic E-state index is 0.188. The van der Waals surface area contributed by atoms with Crippen molar-refractivity contribution in [2.45, 2.75) is 26.4 Å². The zero-order valence-corrected chi connectivity index (χ0v) is 9.72. The van der Waals surface area contributed by atoms with Crippen LogP contribution < -0.4 is 4.74 Å². The van der Waals surface area contributed by atoms with Gasteiger partial charge >= 0.3 is 11.8 Å². The summed E-state index contributed by atoms with van der Waals surface area (Å²) < 4.78 is 9.63. The summed E-state index contributed by atoms with van der Waals surface area (Å²) in [7, 11) is 0. The van der Waals surface area contributed by atoms with Crippen LogP contribution in [0.25, 0.3) is 0 Å². The summed E-state index contributed by atoms with van der Waals surface area (Å²) in [5.41, 5.74) is -1.12. The summed E-state index contributed by atoms with van der Waals surface area (Å²) in [4.78, 5) is 21.3. The topological polar surface area (TPSA) is 78.7 Å². The maximum Gasteiger partial charge on any atom is 0.514 e. The molecular formula is C11H12NO5. The van der Waals surface area contributed by atoms with E-state index in [4.69, 9.17) is 9.47 Å². The van der Waals surface area contributed by atoms with E-state index in [1.165, 1.54) is 18.2 Å². The highest BCUT2D eigenvalue weighted by Crippen LogP contribution is 2.26. The van der Waals surface area contributed by atoms with Crippen LogP contribution in [0, 0.1) is 16.2 Å². The normalized spacial score (nSPS) is 10.8. The lowest BCUT2D eigenvalue weighted by molar-refractivity contribution is -0.386. The van der Waals surface area contributed by atoms with Crippen molar-refractivity contribution in [3.63, 3.8) is 0 Å². The van der Waals surface area contributed by atoms with Crippen LogP contribution in [-0.2, 0) is 4.74 Å². The smallest absolute Gasteiger partial charge is 0.428 e. The molecule has 1 aromatic rings. The van der Waals surface area contributed by atoms with Gasteiger partial charge in [0.15, 0.2) is 0 Å². The Morgan fingerprint density at radius 2 is 2.12 bits per heavy atom. The van der Waals surface area contributed by atoms with Gasteiger partial charge in [-0.15, -0.1) is 0 Å². The number of rotatable bonds is 2. The molecule has 6 nitrogen and oxygen atoms in total. The Balaban J connectivity index is 2.82. The second-order valence-electron chi connectivity index (χ2n) is 4.21. The van der Waals surface area contributed by atoms with Gasteiger partial charge in [0.2, 0.25) is 5.75 Å². The van der Waals surface area contributed by atoms with Crippen LogP contribution in [0.1, 0.15) is 20.8 Å². The van der Waals surface area contributed by atoms with Gasteiger partial charge in [-0.2, -0.15) is 0 Å². The largest absolute Gasteiger partial charge is 0.514 e. The number of nitro benzene ring substituents is 1. The Morgan fingerprint density at radius 3 is 2.65 bits per heavy atom. The molecule has 91 valence electrons. The van der Waals surface area contributed by atoms with Gasteiger partial charge in [0, 0.05) is 0 Å². The van der Waals surface area contributed by atoms with E-state index in [-0.39, 0.29) is 5.75 Å². The molecule has 17 heavy (non-hydrogen) atoms. The zero-order chi connectivity index (χ0) is 13.1. The van der Waals surface area contributed by atoms with Crippen LogP contribution in [0.5, 0.6) is 5.75 Å². The number of hydrogen-bond donors (Lipinski definition) is 0. The Hall–Kier alpha value is -2.11. The molecule has 0 atom stereocenters. The molecule has 0 spiro atoms. The van der Waals surface area contributed by atoms with E-state index in [0.29, 0.717) is 0 Å². The first-order valence-corrected chi connectivity index (χ1v) is 4.85. The third-order valence-electron chi connectivity index (χ3n) is 1.56. The van der Waals surface area contributed by atoms with Crippen molar-refractivity contribution in [2.75, 3.05) is 0 Å². The molecule has 0 unspecified atom stereocenters. The Morgan fingerprint density at radius 1 is 1.47 bits per heavy atom. The molecule has 0 saturated heterocycles. The first-order valence-electron chi connectivity index (χ1n) is 4.85. The second kappa shape index (κ2) is 4.82. The highest BCUT2D eigenvalue weighted by molar-refractivity contribution is 5.66. The zero-order valence-electron chi connectivity index (χ0n) is 9.72. The number of nitro groups is 1. The Labute approximate surface area is 98.3 Å². The van der Waals surface area contributed by atoms with Crippen molar-refractivity contribution in [3.05, 3.63) is 34.4 Å². The van der Waals surface area contributed by atoms with Crippen LogP contribution in [0.2, 0.25) is 0 Å². The SMILES string of the molecule is CC(C)(C)OC(=O)Oc1ccc[c]c1[N+](=O)[O-]. The van der Waals surface area contributed by atoms with E-state index in [1.54, 1.807) is 20.8 Å². The average molecular weight is 238 g/mol. The Kier molecular flexibility index (Phi) is 3.67. The first-order chi connectivity index (χ1) is 7.79. The third-order valence-corrected chi connectivity index (χ3v) is 1.56. The molecule has 0 aliphatic heterocycles. The van der Waals surface area contributed by atoms with Gasteiger partial charge in [-0.1, -0.05) is 6.07 Å². The van der Waals surface area contributed by atoms with Crippen LogP contribution in [0.15, 0.2) is 18.2 Å². The van der Waals surface area contributed by atoms with E-state index < -0.39 is 22.4 Å². The number of benzene rings is 1. The van der Waals surface area contributed by atoms with E-state index in [9.17, 15) is 14.9 Å². The summed E-state index contributed by atoms with van der Waals surface area (Å²) in [6.07, 6.45) is -0.986. The van der Waals surface area contributed by atoms with E-state index in [0.717, 1.165) is 0 Å². The summed E-state index contributed by atoms with van der Waals surface area (Å²) in [6, 6.07) is 6.52. The van der Waals surface area contributed by atoms with Gasteiger partial charge in [0.05, 0.1) is 11.0 Å². The standard InChI is InChI=1S/C11H12NO5/c1-11(2,3)17-10(13)16-9-7-5-4-6-8(9)12(14)15/h4-5,7H,1-3H3. The van der Waals surface area contributed by atoms with Gasteiger partial charge in [-0.05, 0) is 32.9 Å². The fourth-order valence-electron chi connectivity index (χ4n) is 0.998. The lowest BCUT2D eigenvalue weighted by Gasteiger charge is -2.18. The van der Waals surface area contributed by atoms with Crippen LogP contribution >= 0.6 is 0 Å². The highest BCUT2D eigenvalue weighted by atomic mass is 16.7. The minimum Gasteiger partial charge on any atom is -0.428 e. The van der Waals surface area contributed by atoms with Gasteiger partial charge in [0.1, 0.15) is 5.60 Å². The second-order valence-corrected chi connectivity index (χ2v) is 4.21. The molecule has 6 heteroatoms. The molecule has 0 aliphatic rings. The van der Waals surface area contributed by atoms with Gasteiger partial charge < -0.3 is 9.47 Å². The molecule has 1 radical (unpaired) electrons. The average Bonchev–Trinajstić information content (AvgIpc) is 2.14. The van der Waals surface area contributed by atoms with Gasteiger partial charge in [0.25, 0.3) is 0 Å². The molecule has 0 heterocycles. The van der Waals surface area contributed by atoms with E-state index in [1.807, 2.05) is 0 Å². The van der Waals surface area contributed by atoms with Gasteiger partial charge in [-0.3, -0.25) is 10.1 Å². The lowest BCUT2D eigenvalue weighted by atomic mass is 10.2. The van der Waals surface area contributed by atoms with E-state index >= 15 is 0 Å². The van der Waals surface area contributed by atoms with Crippen molar-refractivity contribution in [1.82, 2.24) is 0 Å². The first kappa shape index (κ1) is 13.0. The van der Waals surface area contributed by atoms with Crippen molar-refractivity contribution in [2.24, 2.45) is 0 Å². The van der Waals surface area contributed by atoms with Crippen LogP contribution in [0.4, 0.5) is 10.5 Å². The van der Waals surface area contributed by atoms with Crippen molar-refractivity contribution in [1.29, 1.82) is 0 Å². The molecule has 0 saturated carbocycles. The number of carbonyl (C=O) groups excluding carboxylic acids is 1. The fraction of sp³-hybridized carbons (Fsp3) is 0.364. The van der Waals surface area contributed by atoms with Crippen molar-refractivity contribution >= 4 is 11.8 Å². The predicted octanol–water partition coefficient (Wildman–Crippen LogP) is 2.71. The number of hydrogen-bond acceptors (Lipinski definition) is 5. The molecular weight excluding hydrogens is 226 g/mol. The summed E-state index contributed by atoms with van der Waals surface area (Å²) in [5.74, 6) is -0.188. The van der Waals surface area contributed by atoms with Crippen LogP contribution in [0.3, 0.4) is 0 Å².